The van der Waals surface area contributed by atoms with Crippen LogP contribution in [-0.2, 0) is 13.1 Å². The smallest absolute Gasteiger partial charge is 0.0640 e. The maximum absolute atomic E-state index is 8.81. The third-order valence-corrected chi connectivity index (χ3v) is 3.75. The van der Waals surface area contributed by atoms with E-state index in [-0.39, 0.29) is 6.61 Å². The fourth-order valence-corrected chi connectivity index (χ4v) is 2.63. The van der Waals surface area contributed by atoms with Crippen molar-refractivity contribution in [3.63, 3.8) is 0 Å². The average molecular weight is 237 g/mol. The lowest BCUT2D eigenvalue weighted by molar-refractivity contribution is 0.269. The van der Waals surface area contributed by atoms with E-state index in [4.69, 9.17) is 5.11 Å². The highest BCUT2D eigenvalue weighted by Crippen LogP contribution is 2.27. The fourth-order valence-electron chi connectivity index (χ4n) is 2.63. The number of aliphatic hydroxyl groups excluding tert-OH is 1. The highest BCUT2D eigenvalue weighted by molar-refractivity contribution is 5.03. The standard InChI is InChI=1S/C13H23N3O/c1-11(13-4-2-3-5-13)14-8-12-9-15-16(10-12)6-7-17/h9-11,13-14,17H,2-8H2,1H3/t11-/m1/s1. The van der Waals surface area contributed by atoms with Crippen molar-refractivity contribution >= 4 is 0 Å². The van der Waals surface area contributed by atoms with Gasteiger partial charge in [0, 0.05) is 24.3 Å². The van der Waals surface area contributed by atoms with Crippen molar-refractivity contribution in [3.8, 4) is 0 Å². The summed E-state index contributed by atoms with van der Waals surface area (Å²) in [7, 11) is 0. The van der Waals surface area contributed by atoms with Gasteiger partial charge in [-0.25, -0.2) is 0 Å². The molecule has 0 bridgehead atoms. The third kappa shape index (κ3) is 3.54. The van der Waals surface area contributed by atoms with Crippen LogP contribution in [0.25, 0.3) is 0 Å². The van der Waals surface area contributed by atoms with E-state index in [0.29, 0.717) is 12.6 Å². The predicted octanol–water partition coefficient (Wildman–Crippen LogP) is 1.54. The van der Waals surface area contributed by atoms with Crippen molar-refractivity contribution in [2.75, 3.05) is 6.61 Å². The van der Waals surface area contributed by atoms with E-state index in [0.717, 1.165) is 12.5 Å². The summed E-state index contributed by atoms with van der Waals surface area (Å²) < 4.78 is 1.79. The van der Waals surface area contributed by atoms with Crippen LogP contribution in [0, 0.1) is 5.92 Å². The number of nitrogens with one attached hydrogen (secondary N) is 1. The lowest BCUT2D eigenvalue weighted by Gasteiger charge is -2.19. The van der Waals surface area contributed by atoms with Crippen LogP contribution in [0.3, 0.4) is 0 Å². The summed E-state index contributed by atoms with van der Waals surface area (Å²) >= 11 is 0. The van der Waals surface area contributed by atoms with Crippen LogP contribution in [0.2, 0.25) is 0 Å². The molecule has 2 rings (SSSR count). The second-order valence-electron chi connectivity index (χ2n) is 5.05. The molecular weight excluding hydrogens is 214 g/mol. The van der Waals surface area contributed by atoms with E-state index in [2.05, 4.69) is 17.3 Å². The number of aliphatic hydroxyl groups is 1. The molecule has 1 aromatic heterocycles. The van der Waals surface area contributed by atoms with Crippen LogP contribution < -0.4 is 5.32 Å². The Labute approximate surface area is 103 Å². The van der Waals surface area contributed by atoms with E-state index in [1.807, 2.05) is 12.4 Å². The Bertz CT molecular complexity index is 331. The minimum atomic E-state index is 0.146. The molecule has 0 aliphatic heterocycles. The van der Waals surface area contributed by atoms with Crippen molar-refractivity contribution in [2.24, 2.45) is 5.92 Å². The molecule has 1 saturated carbocycles. The van der Waals surface area contributed by atoms with Crippen LogP contribution in [0.4, 0.5) is 0 Å². The van der Waals surface area contributed by atoms with E-state index in [1.54, 1.807) is 4.68 Å². The first-order chi connectivity index (χ1) is 8.29. The number of rotatable bonds is 6. The van der Waals surface area contributed by atoms with Crippen molar-refractivity contribution in [1.29, 1.82) is 0 Å². The van der Waals surface area contributed by atoms with Crippen LogP contribution in [0.1, 0.15) is 38.2 Å². The van der Waals surface area contributed by atoms with Gasteiger partial charge in [0.05, 0.1) is 19.3 Å². The molecule has 4 heteroatoms. The van der Waals surface area contributed by atoms with Crippen LogP contribution in [0.5, 0.6) is 0 Å². The molecule has 1 aliphatic rings. The Morgan fingerprint density at radius 2 is 2.29 bits per heavy atom. The molecule has 96 valence electrons. The average Bonchev–Trinajstić information content (AvgIpc) is 2.97. The Morgan fingerprint density at radius 3 is 3.00 bits per heavy atom. The molecule has 1 aliphatic carbocycles. The SMILES string of the molecule is C[C@@H](NCc1cnn(CCO)c1)C1CCCC1. The summed E-state index contributed by atoms with van der Waals surface area (Å²) in [6, 6.07) is 0.596. The highest BCUT2D eigenvalue weighted by atomic mass is 16.3. The first kappa shape index (κ1) is 12.6. The molecule has 1 fully saturated rings. The van der Waals surface area contributed by atoms with Gasteiger partial charge in [-0.3, -0.25) is 4.68 Å². The third-order valence-electron chi connectivity index (χ3n) is 3.75. The largest absolute Gasteiger partial charge is 0.394 e. The zero-order valence-corrected chi connectivity index (χ0v) is 10.6. The monoisotopic (exact) mass is 237 g/mol. The molecule has 2 N–H and O–H groups in total. The van der Waals surface area contributed by atoms with Crippen molar-refractivity contribution in [2.45, 2.75) is 51.7 Å². The maximum atomic E-state index is 8.81. The summed E-state index contributed by atoms with van der Waals surface area (Å²) in [5.41, 5.74) is 1.20. The summed E-state index contributed by atoms with van der Waals surface area (Å²) in [4.78, 5) is 0. The van der Waals surface area contributed by atoms with Gasteiger partial charge in [-0.15, -0.1) is 0 Å². The number of hydrogen-bond acceptors (Lipinski definition) is 3. The van der Waals surface area contributed by atoms with Gasteiger partial charge >= 0.3 is 0 Å². The normalized spacial score (nSPS) is 18.7. The minimum Gasteiger partial charge on any atom is -0.394 e. The molecule has 1 atom stereocenters. The Hall–Kier alpha value is -0.870. The summed E-state index contributed by atoms with van der Waals surface area (Å²) in [5, 5.41) is 16.6. The van der Waals surface area contributed by atoms with Gasteiger partial charge in [-0.1, -0.05) is 12.8 Å². The molecule has 4 nitrogen and oxygen atoms in total. The van der Waals surface area contributed by atoms with Gasteiger partial charge in [0.15, 0.2) is 0 Å². The molecule has 0 spiro atoms. The zero-order chi connectivity index (χ0) is 12.1. The van der Waals surface area contributed by atoms with Crippen molar-refractivity contribution in [3.05, 3.63) is 18.0 Å². The minimum absolute atomic E-state index is 0.146. The summed E-state index contributed by atoms with van der Waals surface area (Å²) in [6.07, 6.45) is 9.42. The first-order valence-electron chi connectivity index (χ1n) is 6.65. The van der Waals surface area contributed by atoms with E-state index in [9.17, 15) is 0 Å². The molecular formula is C13H23N3O. The zero-order valence-electron chi connectivity index (χ0n) is 10.6. The first-order valence-corrected chi connectivity index (χ1v) is 6.65. The van der Waals surface area contributed by atoms with E-state index >= 15 is 0 Å². The summed E-state index contributed by atoms with van der Waals surface area (Å²) in [5.74, 6) is 0.850. The van der Waals surface area contributed by atoms with Gasteiger partial charge in [0.2, 0.25) is 0 Å². The molecule has 1 aromatic rings. The maximum Gasteiger partial charge on any atom is 0.0640 e. The van der Waals surface area contributed by atoms with E-state index in [1.165, 1.54) is 31.2 Å². The Balaban J connectivity index is 1.76. The van der Waals surface area contributed by atoms with Gasteiger partial charge < -0.3 is 10.4 Å². The number of nitrogens with zero attached hydrogens (tertiary/aromatic N) is 2. The van der Waals surface area contributed by atoms with Crippen molar-refractivity contribution in [1.82, 2.24) is 15.1 Å². The predicted molar refractivity (Wildman–Crippen MR) is 67.6 cm³/mol. The lowest BCUT2D eigenvalue weighted by atomic mass is 10.00. The molecule has 0 amide bonds. The Kier molecular flexibility index (Phi) is 4.57. The Morgan fingerprint density at radius 1 is 1.53 bits per heavy atom. The van der Waals surface area contributed by atoms with Gasteiger partial charge in [-0.2, -0.15) is 5.10 Å². The van der Waals surface area contributed by atoms with Gasteiger partial charge in [0.1, 0.15) is 0 Å². The lowest BCUT2D eigenvalue weighted by Crippen LogP contribution is -2.31. The summed E-state index contributed by atoms with van der Waals surface area (Å²) in [6.45, 7) is 3.89. The quantitative estimate of drug-likeness (QED) is 0.789. The molecule has 0 radical (unpaired) electrons. The second kappa shape index (κ2) is 6.17. The van der Waals surface area contributed by atoms with Gasteiger partial charge in [-0.05, 0) is 25.7 Å². The highest BCUT2D eigenvalue weighted by Gasteiger charge is 2.20. The van der Waals surface area contributed by atoms with Gasteiger partial charge in [0.25, 0.3) is 0 Å². The second-order valence-corrected chi connectivity index (χ2v) is 5.05. The molecule has 0 aromatic carbocycles. The molecule has 0 saturated heterocycles. The molecule has 0 unspecified atom stereocenters. The van der Waals surface area contributed by atoms with Crippen LogP contribution >= 0.6 is 0 Å². The van der Waals surface area contributed by atoms with Crippen molar-refractivity contribution < 1.29 is 5.11 Å². The fraction of sp³-hybridized carbons (Fsp3) is 0.769. The van der Waals surface area contributed by atoms with Crippen LogP contribution in [-0.4, -0.2) is 27.5 Å². The topological polar surface area (TPSA) is 50.1 Å². The number of hydrogen-bond donors (Lipinski definition) is 2. The number of aromatic nitrogens is 2. The molecule has 1 heterocycles. The van der Waals surface area contributed by atoms with E-state index < -0.39 is 0 Å². The van der Waals surface area contributed by atoms with Crippen LogP contribution in [0.15, 0.2) is 12.4 Å². The molecule has 17 heavy (non-hydrogen) atoms.